The van der Waals surface area contributed by atoms with E-state index in [1.54, 1.807) is 18.2 Å². The van der Waals surface area contributed by atoms with Crippen molar-refractivity contribution in [3.63, 3.8) is 0 Å². The molecule has 1 aliphatic carbocycles. The van der Waals surface area contributed by atoms with Crippen LogP contribution in [0.1, 0.15) is 25.7 Å². The van der Waals surface area contributed by atoms with Crippen LogP contribution in [0.25, 0.3) is 0 Å². The molecule has 2 aliphatic rings. The summed E-state index contributed by atoms with van der Waals surface area (Å²) < 4.78 is 44.0. The lowest BCUT2D eigenvalue weighted by atomic mass is 9.85. The SMILES string of the molecule is O=C(Nc1cccc(N2CCOCC2)c1)C(=O)NC1CCCC(C(F)(F)F)C1. The van der Waals surface area contributed by atoms with Crippen LogP contribution >= 0.6 is 0 Å². The third-order valence-electron chi connectivity index (χ3n) is 5.16. The molecule has 1 aromatic rings. The molecule has 6 nitrogen and oxygen atoms in total. The molecule has 2 unspecified atom stereocenters. The Hall–Kier alpha value is -2.29. The average molecular weight is 399 g/mol. The van der Waals surface area contributed by atoms with Crippen molar-refractivity contribution < 1.29 is 27.5 Å². The molecule has 3 rings (SSSR count). The van der Waals surface area contributed by atoms with Crippen LogP contribution in [0, 0.1) is 5.92 Å². The minimum Gasteiger partial charge on any atom is -0.378 e. The van der Waals surface area contributed by atoms with Gasteiger partial charge in [0.1, 0.15) is 0 Å². The minimum atomic E-state index is -4.27. The molecule has 9 heteroatoms. The van der Waals surface area contributed by atoms with Crippen LogP contribution in [0.3, 0.4) is 0 Å². The molecule has 2 N–H and O–H groups in total. The summed E-state index contributed by atoms with van der Waals surface area (Å²) in [6, 6.07) is 6.46. The Bertz CT molecular complexity index is 705. The number of anilines is 2. The van der Waals surface area contributed by atoms with Crippen molar-refractivity contribution in [3.05, 3.63) is 24.3 Å². The second kappa shape index (κ2) is 8.81. The highest BCUT2D eigenvalue weighted by Crippen LogP contribution is 2.37. The summed E-state index contributed by atoms with van der Waals surface area (Å²) in [7, 11) is 0. The van der Waals surface area contributed by atoms with E-state index >= 15 is 0 Å². The molecule has 1 aliphatic heterocycles. The fraction of sp³-hybridized carbons (Fsp3) is 0.579. The summed E-state index contributed by atoms with van der Waals surface area (Å²) in [5, 5.41) is 4.96. The normalized spacial score (nSPS) is 23.2. The summed E-state index contributed by atoms with van der Waals surface area (Å²) in [5.74, 6) is -3.22. The van der Waals surface area contributed by atoms with Gasteiger partial charge in [0, 0.05) is 30.5 Å². The highest BCUT2D eigenvalue weighted by atomic mass is 19.4. The number of nitrogens with one attached hydrogen (secondary N) is 2. The van der Waals surface area contributed by atoms with E-state index in [1.165, 1.54) is 0 Å². The van der Waals surface area contributed by atoms with E-state index in [1.807, 2.05) is 6.07 Å². The number of amides is 2. The lowest BCUT2D eigenvalue weighted by Crippen LogP contribution is -2.45. The van der Waals surface area contributed by atoms with Gasteiger partial charge < -0.3 is 20.3 Å². The summed E-state index contributed by atoms with van der Waals surface area (Å²) in [4.78, 5) is 26.4. The fourth-order valence-corrected chi connectivity index (χ4v) is 3.66. The number of halogens is 3. The number of nitrogens with zero attached hydrogens (tertiary/aromatic N) is 1. The van der Waals surface area contributed by atoms with E-state index in [0.29, 0.717) is 31.7 Å². The average Bonchev–Trinajstić information content (AvgIpc) is 2.68. The zero-order valence-electron chi connectivity index (χ0n) is 15.4. The Morgan fingerprint density at radius 3 is 2.57 bits per heavy atom. The molecule has 0 radical (unpaired) electrons. The molecular weight excluding hydrogens is 375 g/mol. The lowest BCUT2D eigenvalue weighted by Gasteiger charge is -2.30. The molecule has 1 aromatic carbocycles. The Morgan fingerprint density at radius 2 is 1.86 bits per heavy atom. The van der Waals surface area contributed by atoms with Crippen LogP contribution in [0.2, 0.25) is 0 Å². The van der Waals surface area contributed by atoms with E-state index in [4.69, 9.17) is 4.74 Å². The van der Waals surface area contributed by atoms with Crippen LogP contribution in [0.4, 0.5) is 24.5 Å². The molecule has 1 heterocycles. The fourth-order valence-electron chi connectivity index (χ4n) is 3.66. The molecular formula is C19H24F3N3O3. The van der Waals surface area contributed by atoms with Crippen molar-refractivity contribution in [2.45, 2.75) is 37.9 Å². The van der Waals surface area contributed by atoms with E-state index in [-0.39, 0.29) is 12.8 Å². The number of ether oxygens (including phenoxy) is 1. The second-order valence-corrected chi connectivity index (χ2v) is 7.18. The van der Waals surface area contributed by atoms with Crippen molar-refractivity contribution in [1.29, 1.82) is 0 Å². The standard InChI is InChI=1S/C19H24F3N3O3/c20-19(21,22)13-3-1-4-14(11-13)23-17(26)18(27)24-15-5-2-6-16(12-15)25-7-9-28-10-8-25/h2,5-6,12-14H,1,3-4,7-11H2,(H,23,26)(H,24,27). The molecule has 2 amide bonds. The Labute approximate surface area is 161 Å². The van der Waals surface area contributed by atoms with Gasteiger partial charge in [0.25, 0.3) is 0 Å². The van der Waals surface area contributed by atoms with Crippen LogP contribution in [0.5, 0.6) is 0 Å². The summed E-state index contributed by atoms with van der Waals surface area (Å²) >= 11 is 0. The largest absolute Gasteiger partial charge is 0.391 e. The van der Waals surface area contributed by atoms with Crippen LogP contribution in [-0.4, -0.2) is 50.3 Å². The first kappa shape index (κ1) is 20.4. The maximum Gasteiger partial charge on any atom is 0.391 e. The smallest absolute Gasteiger partial charge is 0.378 e. The zero-order chi connectivity index (χ0) is 20.1. The van der Waals surface area contributed by atoms with Crippen LogP contribution in [0.15, 0.2) is 24.3 Å². The summed E-state index contributed by atoms with van der Waals surface area (Å²) in [5.41, 5.74) is 1.36. The van der Waals surface area contributed by atoms with Crippen molar-refractivity contribution in [3.8, 4) is 0 Å². The number of morpholine rings is 1. The monoisotopic (exact) mass is 399 g/mol. The van der Waals surface area contributed by atoms with Crippen molar-refractivity contribution in [1.82, 2.24) is 5.32 Å². The van der Waals surface area contributed by atoms with E-state index < -0.39 is 30.0 Å². The van der Waals surface area contributed by atoms with Gasteiger partial charge in [-0.3, -0.25) is 9.59 Å². The second-order valence-electron chi connectivity index (χ2n) is 7.18. The highest BCUT2D eigenvalue weighted by molar-refractivity contribution is 6.39. The van der Waals surface area contributed by atoms with Gasteiger partial charge in [0.15, 0.2) is 0 Å². The number of carbonyl (C=O) groups is 2. The maximum absolute atomic E-state index is 12.9. The Morgan fingerprint density at radius 1 is 1.11 bits per heavy atom. The topological polar surface area (TPSA) is 70.7 Å². The van der Waals surface area contributed by atoms with E-state index in [9.17, 15) is 22.8 Å². The maximum atomic E-state index is 12.9. The van der Waals surface area contributed by atoms with Gasteiger partial charge in [0.2, 0.25) is 0 Å². The predicted octanol–water partition coefficient (Wildman–Crippen LogP) is 2.70. The van der Waals surface area contributed by atoms with Gasteiger partial charge in [-0.05, 0) is 37.5 Å². The van der Waals surface area contributed by atoms with Crippen molar-refractivity contribution >= 4 is 23.2 Å². The third-order valence-corrected chi connectivity index (χ3v) is 5.16. The Balaban J connectivity index is 1.55. The third kappa shape index (κ3) is 5.37. The first-order valence-electron chi connectivity index (χ1n) is 9.44. The lowest BCUT2D eigenvalue weighted by molar-refractivity contribution is -0.184. The van der Waals surface area contributed by atoms with Crippen molar-refractivity contribution in [2.24, 2.45) is 5.92 Å². The minimum absolute atomic E-state index is 0.0659. The Kier molecular flexibility index (Phi) is 6.43. The molecule has 154 valence electrons. The predicted molar refractivity (Wildman–Crippen MR) is 98.0 cm³/mol. The number of carbonyl (C=O) groups excluding carboxylic acids is 2. The first-order chi connectivity index (χ1) is 13.3. The molecule has 2 atom stereocenters. The summed E-state index contributed by atoms with van der Waals surface area (Å²) in [6.07, 6.45) is -3.58. The molecule has 2 fully saturated rings. The van der Waals surface area contributed by atoms with Gasteiger partial charge in [-0.1, -0.05) is 12.5 Å². The highest BCUT2D eigenvalue weighted by Gasteiger charge is 2.42. The number of benzene rings is 1. The van der Waals surface area contributed by atoms with E-state index in [0.717, 1.165) is 18.8 Å². The molecule has 0 bridgehead atoms. The number of rotatable bonds is 3. The molecule has 28 heavy (non-hydrogen) atoms. The number of alkyl halides is 3. The molecule has 1 saturated heterocycles. The van der Waals surface area contributed by atoms with Gasteiger partial charge in [0.05, 0.1) is 19.1 Å². The number of hydrogen-bond donors (Lipinski definition) is 2. The van der Waals surface area contributed by atoms with Gasteiger partial charge in [-0.25, -0.2) is 0 Å². The first-order valence-corrected chi connectivity index (χ1v) is 9.44. The van der Waals surface area contributed by atoms with Crippen LogP contribution < -0.4 is 15.5 Å². The zero-order valence-corrected chi connectivity index (χ0v) is 15.4. The van der Waals surface area contributed by atoms with Gasteiger partial charge in [-0.2, -0.15) is 13.2 Å². The van der Waals surface area contributed by atoms with Crippen LogP contribution in [-0.2, 0) is 14.3 Å². The van der Waals surface area contributed by atoms with Crippen molar-refractivity contribution in [2.75, 3.05) is 36.5 Å². The van der Waals surface area contributed by atoms with Gasteiger partial charge in [-0.15, -0.1) is 0 Å². The number of hydrogen-bond acceptors (Lipinski definition) is 4. The molecule has 0 aromatic heterocycles. The van der Waals surface area contributed by atoms with E-state index in [2.05, 4.69) is 15.5 Å². The molecule has 0 spiro atoms. The quantitative estimate of drug-likeness (QED) is 0.767. The molecule has 1 saturated carbocycles. The summed E-state index contributed by atoms with van der Waals surface area (Å²) in [6.45, 7) is 2.72. The van der Waals surface area contributed by atoms with Gasteiger partial charge >= 0.3 is 18.0 Å².